The van der Waals surface area contributed by atoms with Crippen LogP contribution in [0, 0.1) is 5.92 Å². The van der Waals surface area contributed by atoms with E-state index in [0.717, 1.165) is 0 Å². The summed E-state index contributed by atoms with van der Waals surface area (Å²) in [5.41, 5.74) is 1.97. The molecule has 1 N–H and O–H groups in total. The van der Waals surface area contributed by atoms with E-state index >= 15 is 0 Å². The van der Waals surface area contributed by atoms with Crippen LogP contribution < -0.4 is 10.9 Å². The third-order valence-electron chi connectivity index (χ3n) is 4.61. The van der Waals surface area contributed by atoms with Gasteiger partial charge in [0.15, 0.2) is 17.2 Å². The fourth-order valence-corrected chi connectivity index (χ4v) is 3.27. The van der Waals surface area contributed by atoms with Gasteiger partial charge in [0.25, 0.3) is 11.5 Å². The Morgan fingerprint density at radius 2 is 1.93 bits per heavy atom. The number of hydrogen-bond donors (Lipinski definition) is 1. The van der Waals surface area contributed by atoms with Crippen molar-refractivity contribution in [3.8, 4) is 0 Å². The molecule has 2 aromatic carbocycles. The summed E-state index contributed by atoms with van der Waals surface area (Å²) >= 11 is 0. The molecule has 0 aliphatic rings. The van der Waals surface area contributed by atoms with Crippen LogP contribution in [0.3, 0.4) is 0 Å². The zero-order chi connectivity index (χ0) is 20.5. The summed E-state index contributed by atoms with van der Waals surface area (Å²) in [6.07, 6.45) is 0.698. The minimum Gasteiger partial charge on any atom is -0.441 e. The topological polar surface area (TPSA) is 90.0 Å². The van der Waals surface area contributed by atoms with Crippen LogP contribution >= 0.6 is 0 Å². The van der Waals surface area contributed by atoms with Crippen LogP contribution in [0.2, 0.25) is 0 Å². The Labute approximate surface area is 167 Å². The van der Waals surface area contributed by atoms with Crippen molar-refractivity contribution in [3.63, 3.8) is 0 Å². The summed E-state index contributed by atoms with van der Waals surface area (Å²) in [5, 5.41) is 8.26. The third kappa shape index (κ3) is 3.63. The summed E-state index contributed by atoms with van der Waals surface area (Å²) < 4.78 is 6.98. The smallest absolute Gasteiger partial charge is 0.276 e. The van der Waals surface area contributed by atoms with E-state index in [-0.39, 0.29) is 23.1 Å². The number of rotatable bonds is 5. The molecule has 0 bridgehead atoms. The second-order valence-electron chi connectivity index (χ2n) is 7.37. The molecule has 2 heterocycles. The molecule has 0 saturated carbocycles. The number of fused-ring (bicyclic) bond motifs is 2. The lowest BCUT2D eigenvalue weighted by Crippen LogP contribution is -2.29. The van der Waals surface area contributed by atoms with Gasteiger partial charge < -0.3 is 9.73 Å². The first kappa shape index (κ1) is 18.9. The fraction of sp³-hybridized carbons (Fsp3) is 0.273. The van der Waals surface area contributed by atoms with E-state index < -0.39 is 0 Å². The summed E-state index contributed by atoms with van der Waals surface area (Å²) in [7, 11) is 0. The van der Waals surface area contributed by atoms with E-state index in [1.165, 1.54) is 4.68 Å². The first-order valence-corrected chi connectivity index (χ1v) is 9.67. The van der Waals surface area contributed by atoms with Gasteiger partial charge in [-0.3, -0.25) is 9.59 Å². The quantitative estimate of drug-likeness (QED) is 0.556. The van der Waals surface area contributed by atoms with Crippen molar-refractivity contribution >= 4 is 33.5 Å². The molecule has 0 aliphatic carbocycles. The lowest BCUT2D eigenvalue weighted by atomic mass is 10.1. The number of amides is 1. The summed E-state index contributed by atoms with van der Waals surface area (Å²) in [4.78, 5) is 30.2. The minimum atomic E-state index is -0.378. The Hall–Kier alpha value is -3.48. The molecule has 7 nitrogen and oxygen atoms in total. The lowest BCUT2D eigenvalue weighted by molar-refractivity contribution is 0.102. The van der Waals surface area contributed by atoms with Gasteiger partial charge in [0.1, 0.15) is 5.52 Å². The van der Waals surface area contributed by atoms with Crippen LogP contribution in [0.1, 0.15) is 37.2 Å². The number of nitrogens with zero attached hydrogens (tertiary/aromatic N) is 3. The average molecular weight is 390 g/mol. The van der Waals surface area contributed by atoms with E-state index in [0.29, 0.717) is 46.4 Å². The van der Waals surface area contributed by atoms with Crippen molar-refractivity contribution in [2.75, 3.05) is 5.32 Å². The molecule has 148 valence electrons. The molecule has 4 aromatic rings. The van der Waals surface area contributed by atoms with Crippen molar-refractivity contribution < 1.29 is 9.21 Å². The highest BCUT2D eigenvalue weighted by molar-refractivity contribution is 6.11. The third-order valence-corrected chi connectivity index (χ3v) is 4.61. The summed E-state index contributed by atoms with van der Waals surface area (Å²) in [5.74, 6) is 0.494. The molecule has 2 aromatic heterocycles. The number of benzene rings is 2. The SMILES string of the molecule is CCc1nc2cc(NC(=O)c3nn(CC(C)C)c(=O)c4ccccc34)ccc2o1. The van der Waals surface area contributed by atoms with Crippen molar-refractivity contribution in [3.05, 3.63) is 64.4 Å². The van der Waals surface area contributed by atoms with Crippen molar-refractivity contribution in [2.45, 2.75) is 33.7 Å². The normalized spacial score (nSPS) is 11.4. The maximum atomic E-state index is 13.0. The Morgan fingerprint density at radius 3 is 2.66 bits per heavy atom. The van der Waals surface area contributed by atoms with Crippen LogP contribution in [-0.2, 0) is 13.0 Å². The van der Waals surface area contributed by atoms with Crippen LogP contribution in [-0.4, -0.2) is 20.7 Å². The molecule has 0 spiro atoms. The minimum absolute atomic E-state index is 0.193. The average Bonchev–Trinajstić information content (AvgIpc) is 3.12. The van der Waals surface area contributed by atoms with E-state index in [9.17, 15) is 9.59 Å². The lowest BCUT2D eigenvalue weighted by Gasteiger charge is -2.12. The highest BCUT2D eigenvalue weighted by Gasteiger charge is 2.18. The second-order valence-corrected chi connectivity index (χ2v) is 7.37. The Kier molecular flexibility index (Phi) is 4.88. The number of aryl methyl sites for hydroxylation is 1. The Balaban J connectivity index is 1.74. The zero-order valence-corrected chi connectivity index (χ0v) is 16.6. The fourth-order valence-electron chi connectivity index (χ4n) is 3.27. The Bertz CT molecular complexity index is 1270. The van der Waals surface area contributed by atoms with Gasteiger partial charge >= 0.3 is 0 Å². The first-order chi connectivity index (χ1) is 14.0. The van der Waals surface area contributed by atoms with Gasteiger partial charge in [0.05, 0.1) is 5.39 Å². The largest absolute Gasteiger partial charge is 0.441 e. The number of oxazole rings is 1. The summed E-state index contributed by atoms with van der Waals surface area (Å²) in [6, 6.07) is 12.4. The number of aromatic nitrogens is 3. The van der Waals surface area contributed by atoms with Crippen LogP contribution in [0.4, 0.5) is 5.69 Å². The molecule has 4 rings (SSSR count). The first-order valence-electron chi connectivity index (χ1n) is 9.67. The van der Waals surface area contributed by atoms with Crippen LogP contribution in [0.5, 0.6) is 0 Å². The molecule has 7 heteroatoms. The number of anilines is 1. The maximum Gasteiger partial charge on any atom is 0.276 e. The maximum absolute atomic E-state index is 13.0. The predicted octanol–water partition coefficient (Wildman–Crippen LogP) is 4.01. The highest BCUT2D eigenvalue weighted by atomic mass is 16.3. The van der Waals surface area contributed by atoms with Crippen LogP contribution in [0.15, 0.2) is 51.7 Å². The summed E-state index contributed by atoms with van der Waals surface area (Å²) in [6.45, 7) is 6.41. The molecule has 0 saturated heterocycles. The number of nitrogens with one attached hydrogen (secondary N) is 1. The van der Waals surface area contributed by atoms with Gasteiger partial charge in [-0.05, 0) is 30.2 Å². The molecular formula is C22H22N4O3. The predicted molar refractivity (Wildman–Crippen MR) is 112 cm³/mol. The van der Waals surface area contributed by atoms with E-state index in [1.54, 1.807) is 42.5 Å². The number of carbonyl (C=O) groups is 1. The van der Waals surface area contributed by atoms with Crippen LogP contribution in [0.25, 0.3) is 21.9 Å². The molecule has 29 heavy (non-hydrogen) atoms. The number of carbonyl (C=O) groups excluding carboxylic acids is 1. The van der Waals surface area contributed by atoms with E-state index in [2.05, 4.69) is 15.4 Å². The highest BCUT2D eigenvalue weighted by Crippen LogP contribution is 2.21. The van der Waals surface area contributed by atoms with Crippen molar-refractivity contribution in [1.29, 1.82) is 0 Å². The molecule has 0 atom stereocenters. The second kappa shape index (κ2) is 7.50. The van der Waals surface area contributed by atoms with E-state index in [1.807, 2.05) is 20.8 Å². The van der Waals surface area contributed by atoms with Crippen molar-refractivity contribution in [2.24, 2.45) is 5.92 Å². The zero-order valence-electron chi connectivity index (χ0n) is 16.6. The molecular weight excluding hydrogens is 368 g/mol. The standard InChI is InChI=1S/C22H22N4O3/c1-4-19-24-17-11-14(9-10-18(17)29-19)23-21(27)20-15-7-5-6-8-16(15)22(28)26(25-20)12-13(2)3/h5-11,13H,4,12H2,1-3H3,(H,23,27). The van der Waals surface area contributed by atoms with Crippen molar-refractivity contribution in [1.82, 2.24) is 14.8 Å². The molecule has 0 aliphatic heterocycles. The molecule has 1 amide bonds. The van der Waals surface area contributed by atoms with Gasteiger partial charge in [0.2, 0.25) is 0 Å². The molecule has 0 radical (unpaired) electrons. The Morgan fingerprint density at radius 1 is 1.17 bits per heavy atom. The van der Waals surface area contributed by atoms with Gasteiger partial charge in [0, 0.05) is 24.0 Å². The number of hydrogen-bond acceptors (Lipinski definition) is 5. The van der Waals surface area contributed by atoms with Gasteiger partial charge in [-0.15, -0.1) is 0 Å². The monoisotopic (exact) mass is 390 g/mol. The molecule has 0 fully saturated rings. The van der Waals surface area contributed by atoms with E-state index in [4.69, 9.17) is 4.42 Å². The van der Waals surface area contributed by atoms with Gasteiger partial charge in [-0.25, -0.2) is 9.67 Å². The van der Waals surface area contributed by atoms with Gasteiger partial charge in [-0.2, -0.15) is 5.10 Å². The van der Waals surface area contributed by atoms with Gasteiger partial charge in [-0.1, -0.05) is 39.0 Å². The molecule has 0 unspecified atom stereocenters.